The molecule has 238 valence electrons. The Morgan fingerprint density at radius 3 is 2.14 bits per heavy atom. The van der Waals surface area contributed by atoms with Gasteiger partial charge in [-0.2, -0.15) is 0 Å². The lowest BCUT2D eigenvalue weighted by molar-refractivity contribution is -0.140. The van der Waals surface area contributed by atoms with Crippen molar-refractivity contribution in [3.05, 3.63) is 81.3 Å². The number of nitrogens with one attached hydrogen (secondary N) is 1. The summed E-state index contributed by atoms with van der Waals surface area (Å²) in [4.78, 5) is 28.9. The van der Waals surface area contributed by atoms with Crippen LogP contribution in [0.4, 0.5) is 5.69 Å². The molecule has 0 aliphatic rings. The molecule has 0 bridgehead atoms. The summed E-state index contributed by atoms with van der Waals surface area (Å²) in [5, 5.41) is 3.61. The monoisotopic (exact) mass is 663 g/mol. The van der Waals surface area contributed by atoms with Crippen LogP contribution in [0.5, 0.6) is 11.5 Å². The van der Waals surface area contributed by atoms with Crippen LogP contribution >= 0.6 is 23.2 Å². The lowest BCUT2D eigenvalue weighted by atomic mass is 10.1. The number of hydrogen-bond donors (Lipinski definition) is 1. The number of carbonyl (C=O) groups excluding carboxylic acids is 2. The number of aryl methyl sites for hydroxylation is 2. The van der Waals surface area contributed by atoms with Gasteiger partial charge in [-0.25, -0.2) is 8.42 Å². The highest BCUT2D eigenvalue weighted by molar-refractivity contribution is 7.92. The Bertz CT molecular complexity index is 1580. The fourth-order valence-electron chi connectivity index (χ4n) is 4.85. The van der Waals surface area contributed by atoms with Gasteiger partial charge < -0.3 is 19.7 Å². The van der Waals surface area contributed by atoms with Crippen molar-refractivity contribution in [1.82, 2.24) is 10.2 Å². The Labute approximate surface area is 270 Å². The Morgan fingerprint density at radius 2 is 1.57 bits per heavy atom. The third-order valence-corrected chi connectivity index (χ3v) is 9.36. The molecule has 3 rings (SSSR count). The summed E-state index contributed by atoms with van der Waals surface area (Å²) in [7, 11) is -1.46. The standard InChI is InChI=1S/C32H39Cl2N3O6S/c1-7-13-35-32(39)28(8-2)36(19-23-9-10-24(33)17-27(23)34)31(38)20-37(25-15-21(3)14-22(4)16-25)44(40,41)26-11-12-29(42-5)30(18-26)43-6/h9-12,14-18,28H,7-8,13,19-20H2,1-6H3,(H,35,39)/t28-/m0/s1. The zero-order chi connectivity index (χ0) is 32.6. The van der Waals surface area contributed by atoms with Crippen molar-refractivity contribution >= 4 is 50.7 Å². The number of anilines is 1. The van der Waals surface area contributed by atoms with E-state index in [4.69, 9.17) is 32.7 Å². The Balaban J connectivity index is 2.15. The summed E-state index contributed by atoms with van der Waals surface area (Å²) < 4.78 is 40.3. The molecule has 0 heterocycles. The minimum atomic E-state index is -4.32. The Kier molecular flexibility index (Phi) is 12.3. The molecule has 3 aromatic carbocycles. The van der Waals surface area contributed by atoms with Gasteiger partial charge in [-0.1, -0.05) is 49.2 Å². The number of halogens is 2. The van der Waals surface area contributed by atoms with E-state index in [1.54, 1.807) is 37.3 Å². The zero-order valence-electron chi connectivity index (χ0n) is 25.8. The van der Waals surface area contributed by atoms with Crippen LogP contribution in [0.1, 0.15) is 43.4 Å². The number of nitrogens with zero attached hydrogens (tertiary/aromatic N) is 2. The molecule has 2 amide bonds. The fourth-order valence-corrected chi connectivity index (χ4v) is 6.73. The molecule has 0 saturated carbocycles. The first-order chi connectivity index (χ1) is 20.9. The molecular weight excluding hydrogens is 625 g/mol. The van der Waals surface area contributed by atoms with Crippen LogP contribution in [0.15, 0.2) is 59.5 Å². The van der Waals surface area contributed by atoms with E-state index >= 15 is 0 Å². The van der Waals surface area contributed by atoms with Gasteiger partial charge in [0, 0.05) is 29.2 Å². The minimum absolute atomic E-state index is 0.0377. The highest BCUT2D eigenvalue weighted by Gasteiger charge is 2.34. The Morgan fingerprint density at radius 1 is 0.909 bits per heavy atom. The lowest BCUT2D eigenvalue weighted by Gasteiger charge is -2.33. The number of amides is 2. The molecule has 0 spiro atoms. The van der Waals surface area contributed by atoms with Crippen LogP contribution in [-0.4, -0.2) is 58.5 Å². The van der Waals surface area contributed by atoms with Crippen LogP contribution in [-0.2, 0) is 26.2 Å². The molecule has 0 radical (unpaired) electrons. The van der Waals surface area contributed by atoms with Crippen LogP contribution in [0.25, 0.3) is 0 Å². The van der Waals surface area contributed by atoms with E-state index in [1.807, 2.05) is 26.8 Å². The second-order valence-corrected chi connectivity index (χ2v) is 13.1. The summed E-state index contributed by atoms with van der Waals surface area (Å²) >= 11 is 12.6. The number of carbonyl (C=O) groups is 2. The van der Waals surface area contributed by atoms with Gasteiger partial charge in [-0.3, -0.25) is 13.9 Å². The first kappa shape index (κ1) is 35.0. The van der Waals surface area contributed by atoms with Crippen molar-refractivity contribution in [2.45, 2.75) is 58.0 Å². The molecule has 1 N–H and O–H groups in total. The molecular formula is C32H39Cl2N3O6S. The van der Waals surface area contributed by atoms with Crippen LogP contribution in [0, 0.1) is 13.8 Å². The van der Waals surface area contributed by atoms with Crippen molar-refractivity contribution in [3.63, 3.8) is 0 Å². The molecule has 0 aliphatic heterocycles. The van der Waals surface area contributed by atoms with Crippen molar-refractivity contribution < 1.29 is 27.5 Å². The summed E-state index contributed by atoms with van der Waals surface area (Å²) in [5.41, 5.74) is 2.50. The molecule has 0 aliphatic carbocycles. The number of sulfonamides is 1. The number of benzene rings is 3. The van der Waals surface area contributed by atoms with Crippen LogP contribution in [0.2, 0.25) is 10.0 Å². The second kappa shape index (κ2) is 15.5. The molecule has 0 aromatic heterocycles. The van der Waals surface area contributed by atoms with E-state index in [2.05, 4.69) is 5.32 Å². The maximum absolute atomic E-state index is 14.3. The minimum Gasteiger partial charge on any atom is -0.493 e. The van der Waals surface area contributed by atoms with Crippen molar-refractivity contribution in [3.8, 4) is 11.5 Å². The normalized spacial score (nSPS) is 11.9. The van der Waals surface area contributed by atoms with Gasteiger partial charge in [0.05, 0.1) is 24.8 Å². The summed E-state index contributed by atoms with van der Waals surface area (Å²) in [6, 6.07) is 13.6. The SMILES string of the molecule is CCCNC(=O)[C@H](CC)N(Cc1ccc(Cl)cc1Cl)C(=O)CN(c1cc(C)cc(C)c1)S(=O)(=O)c1ccc(OC)c(OC)c1. The highest BCUT2D eigenvalue weighted by atomic mass is 35.5. The van der Waals surface area contributed by atoms with E-state index < -0.39 is 28.5 Å². The number of hydrogen-bond acceptors (Lipinski definition) is 6. The van der Waals surface area contributed by atoms with E-state index in [1.165, 1.54) is 37.3 Å². The van der Waals surface area contributed by atoms with Gasteiger partial charge >= 0.3 is 0 Å². The van der Waals surface area contributed by atoms with Gasteiger partial charge in [0.15, 0.2) is 11.5 Å². The Hall–Kier alpha value is -3.47. The molecule has 0 unspecified atom stereocenters. The number of ether oxygens (including phenoxy) is 2. The fraction of sp³-hybridized carbons (Fsp3) is 0.375. The van der Waals surface area contributed by atoms with Crippen molar-refractivity contribution in [2.24, 2.45) is 0 Å². The molecule has 1 atom stereocenters. The third kappa shape index (κ3) is 8.37. The summed E-state index contributed by atoms with van der Waals surface area (Å²) in [6.45, 7) is 7.23. The maximum atomic E-state index is 14.3. The summed E-state index contributed by atoms with van der Waals surface area (Å²) in [5.74, 6) is -0.348. The van der Waals surface area contributed by atoms with E-state index in [0.29, 0.717) is 46.4 Å². The van der Waals surface area contributed by atoms with Gasteiger partial charge in [0.25, 0.3) is 10.0 Å². The maximum Gasteiger partial charge on any atom is 0.264 e. The smallest absolute Gasteiger partial charge is 0.264 e. The molecule has 3 aromatic rings. The van der Waals surface area contributed by atoms with Gasteiger partial charge in [-0.05, 0) is 79.8 Å². The largest absolute Gasteiger partial charge is 0.493 e. The molecule has 0 saturated heterocycles. The van der Waals surface area contributed by atoms with Crippen LogP contribution < -0.4 is 19.1 Å². The van der Waals surface area contributed by atoms with E-state index in [9.17, 15) is 18.0 Å². The van der Waals surface area contributed by atoms with Gasteiger partial charge in [0.2, 0.25) is 11.8 Å². The molecule has 44 heavy (non-hydrogen) atoms. The zero-order valence-corrected chi connectivity index (χ0v) is 28.1. The second-order valence-electron chi connectivity index (χ2n) is 10.3. The summed E-state index contributed by atoms with van der Waals surface area (Å²) in [6.07, 6.45) is 1.00. The molecule has 9 nitrogen and oxygen atoms in total. The van der Waals surface area contributed by atoms with Crippen molar-refractivity contribution in [1.29, 1.82) is 0 Å². The average molecular weight is 665 g/mol. The topological polar surface area (TPSA) is 105 Å². The first-order valence-electron chi connectivity index (χ1n) is 14.2. The lowest BCUT2D eigenvalue weighted by Crippen LogP contribution is -2.52. The van der Waals surface area contributed by atoms with Crippen molar-refractivity contribution in [2.75, 3.05) is 31.6 Å². The first-order valence-corrected chi connectivity index (χ1v) is 16.4. The highest BCUT2D eigenvalue weighted by Crippen LogP contribution is 2.33. The third-order valence-electron chi connectivity index (χ3n) is 7.01. The molecule has 12 heteroatoms. The van der Waals surface area contributed by atoms with E-state index in [-0.39, 0.29) is 23.1 Å². The van der Waals surface area contributed by atoms with Crippen LogP contribution in [0.3, 0.4) is 0 Å². The van der Waals surface area contributed by atoms with Gasteiger partial charge in [-0.15, -0.1) is 0 Å². The average Bonchev–Trinajstić information content (AvgIpc) is 2.98. The quantitative estimate of drug-likeness (QED) is 0.222. The number of methoxy groups -OCH3 is 2. The molecule has 0 fully saturated rings. The predicted molar refractivity (Wildman–Crippen MR) is 174 cm³/mol. The number of rotatable bonds is 14. The predicted octanol–water partition coefficient (Wildman–Crippen LogP) is 6.16. The van der Waals surface area contributed by atoms with E-state index in [0.717, 1.165) is 15.4 Å². The van der Waals surface area contributed by atoms with Gasteiger partial charge in [0.1, 0.15) is 12.6 Å².